The minimum absolute atomic E-state index is 0.244. The van der Waals surface area contributed by atoms with E-state index in [1.165, 1.54) is 0 Å². The molecule has 0 aliphatic heterocycles. The van der Waals surface area contributed by atoms with Crippen LogP contribution in [0.25, 0.3) is 10.9 Å². The molecule has 4 rings (SSSR count). The van der Waals surface area contributed by atoms with Crippen molar-refractivity contribution in [2.24, 2.45) is 0 Å². The van der Waals surface area contributed by atoms with Crippen LogP contribution in [-0.2, 0) is 16.8 Å². The molecule has 1 amide bonds. The van der Waals surface area contributed by atoms with E-state index in [1.54, 1.807) is 48.7 Å². The lowest BCUT2D eigenvalue weighted by atomic mass is 9.94. The molecule has 1 aromatic heterocycles. The summed E-state index contributed by atoms with van der Waals surface area (Å²) in [7, 11) is 0. The fraction of sp³-hybridized carbons (Fsp3) is 0.120. The first-order valence-corrected chi connectivity index (χ1v) is 11.1. The number of pyridine rings is 1. The number of carbonyl (C=O) groups excluding carboxylic acids is 1. The Bertz CT molecular complexity index is 1290. The zero-order valence-corrected chi connectivity index (χ0v) is 18.5. The van der Waals surface area contributed by atoms with Crippen molar-refractivity contribution in [2.45, 2.75) is 19.4 Å². The number of nitrogens with one attached hydrogen (secondary N) is 1. The van der Waals surface area contributed by atoms with Crippen LogP contribution in [0, 0.1) is 0 Å². The Morgan fingerprint density at radius 2 is 1.56 bits per heavy atom. The van der Waals surface area contributed by atoms with Crippen molar-refractivity contribution in [1.82, 2.24) is 10.3 Å². The Morgan fingerprint density at radius 1 is 0.906 bits per heavy atom. The van der Waals surface area contributed by atoms with E-state index in [-0.39, 0.29) is 17.2 Å². The lowest BCUT2D eigenvalue weighted by Gasteiger charge is -2.31. The summed E-state index contributed by atoms with van der Waals surface area (Å²) in [6.45, 7) is 3.81. The summed E-state index contributed by atoms with van der Waals surface area (Å²) >= 11 is -2.68. The smallest absolute Gasteiger partial charge is 0.254 e. The number of amides is 1. The molecule has 1 atom stereocenters. The summed E-state index contributed by atoms with van der Waals surface area (Å²) in [6.07, 6.45) is 1.61. The van der Waals surface area contributed by atoms with Gasteiger partial charge in [0.2, 0.25) is 0 Å². The second-order valence-corrected chi connectivity index (χ2v) is 8.63. The highest BCUT2D eigenvalue weighted by atomic mass is 32.2. The van der Waals surface area contributed by atoms with Crippen LogP contribution in [0.4, 0.5) is 11.4 Å². The lowest BCUT2D eigenvalue weighted by Crippen LogP contribution is -2.41. The molecule has 7 heteroatoms. The molecular formula is C25H22N3O3S-. The summed E-state index contributed by atoms with van der Waals surface area (Å²) in [5.74, 6) is -0.377. The predicted octanol–water partition coefficient (Wildman–Crippen LogP) is 4.83. The first-order chi connectivity index (χ1) is 15.4. The summed E-state index contributed by atoms with van der Waals surface area (Å²) in [4.78, 5) is 17.7. The van der Waals surface area contributed by atoms with E-state index < -0.39 is 16.8 Å². The normalized spacial score (nSPS) is 12.3. The largest absolute Gasteiger partial charge is 0.755 e. The molecule has 0 spiro atoms. The van der Waals surface area contributed by atoms with Gasteiger partial charge in [-0.15, -0.1) is 0 Å². The standard InChI is InChI=1S/C25H23N3O3S/c1-25(2,19-12-4-3-5-13-19)27-24(29)20-14-6-7-15-21(20)28(32(30)31)22-16-8-10-18-11-9-17-26-23(18)22/h3-17H,1-2H3,(H,27,29)(H,30,31)/p-1. The molecule has 4 aromatic rings. The van der Waals surface area contributed by atoms with E-state index in [4.69, 9.17) is 0 Å². The van der Waals surface area contributed by atoms with Crippen molar-refractivity contribution in [3.05, 3.63) is 102 Å². The van der Waals surface area contributed by atoms with Crippen LogP contribution in [0.3, 0.4) is 0 Å². The van der Waals surface area contributed by atoms with Crippen LogP contribution >= 0.6 is 0 Å². The maximum Gasteiger partial charge on any atom is 0.254 e. The van der Waals surface area contributed by atoms with Gasteiger partial charge < -0.3 is 9.87 Å². The van der Waals surface area contributed by atoms with Crippen molar-refractivity contribution in [3.8, 4) is 0 Å². The van der Waals surface area contributed by atoms with Crippen molar-refractivity contribution < 1.29 is 13.6 Å². The number of aromatic nitrogens is 1. The number of fused-ring (bicyclic) bond motifs is 1. The third kappa shape index (κ3) is 4.26. The van der Waals surface area contributed by atoms with Gasteiger partial charge in [0.05, 0.1) is 39.3 Å². The molecule has 0 saturated carbocycles. The molecule has 0 bridgehead atoms. The summed E-state index contributed by atoms with van der Waals surface area (Å²) in [5.41, 5.74) is 1.67. The summed E-state index contributed by atoms with van der Waals surface area (Å²) in [6, 6.07) is 25.2. The molecule has 1 unspecified atom stereocenters. The molecular weight excluding hydrogens is 422 g/mol. The highest BCUT2D eigenvalue weighted by Gasteiger charge is 2.26. The van der Waals surface area contributed by atoms with Gasteiger partial charge in [-0.1, -0.05) is 60.7 Å². The molecule has 0 aliphatic rings. The van der Waals surface area contributed by atoms with Crippen LogP contribution in [0.2, 0.25) is 0 Å². The number of hydrogen-bond donors (Lipinski definition) is 1. The van der Waals surface area contributed by atoms with Gasteiger partial charge in [0.25, 0.3) is 5.91 Å². The quantitative estimate of drug-likeness (QED) is 0.432. The zero-order chi connectivity index (χ0) is 22.7. The second kappa shape index (κ2) is 8.90. The molecule has 6 nitrogen and oxygen atoms in total. The molecule has 162 valence electrons. The first-order valence-electron chi connectivity index (χ1n) is 10.1. The Balaban J connectivity index is 1.78. The van der Waals surface area contributed by atoms with Crippen LogP contribution in [0.15, 0.2) is 91.1 Å². The Hall–Kier alpha value is -3.55. The number of benzene rings is 3. The van der Waals surface area contributed by atoms with E-state index in [0.29, 0.717) is 11.2 Å². The van der Waals surface area contributed by atoms with Gasteiger partial charge >= 0.3 is 0 Å². The monoisotopic (exact) mass is 444 g/mol. The van der Waals surface area contributed by atoms with E-state index >= 15 is 0 Å². The first kappa shape index (κ1) is 21.7. The van der Waals surface area contributed by atoms with E-state index in [2.05, 4.69) is 10.3 Å². The Labute approximate surface area is 189 Å². The lowest BCUT2D eigenvalue weighted by molar-refractivity contribution is 0.0913. The molecule has 0 radical (unpaired) electrons. The number of rotatable bonds is 6. The second-order valence-electron chi connectivity index (χ2n) is 7.83. The average molecular weight is 445 g/mol. The fourth-order valence-electron chi connectivity index (χ4n) is 3.66. The molecule has 0 fully saturated rings. The SMILES string of the molecule is CC(C)(NC(=O)c1ccccc1N(c1cccc2cccnc12)S(=O)[O-])c1ccccc1. The minimum Gasteiger partial charge on any atom is -0.755 e. The topological polar surface area (TPSA) is 85.4 Å². The van der Waals surface area contributed by atoms with Gasteiger partial charge in [-0.05, 0) is 43.7 Å². The van der Waals surface area contributed by atoms with Crippen LogP contribution in [-0.4, -0.2) is 19.7 Å². The molecule has 1 heterocycles. The molecule has 3 aromatic carbocycles. The zero-order valence-electron chi connectivity index (χ0n) is 17.7. The van der Waals surface area contributed by atoms with Crippen LogP contribution in [0.5, 0.6) is 0 Å². The van der Waals surface area contributed by atoms with Gasteiger partial charge in [0.1, 0.15) is 0 Å². The van der Waals surface area contributed by atoms with Crippen molar-refractivity contribution in [3.63, 3.8) is 0 Å². The average Bonchev–Trinajstić information content (AvgIpc) is 2.80. The van der Waals surface area contributed by atoms with Gasteiger partial charge in [-0.3, -0.25) is 18.3 Å². The van der Waals surface area contributed by atoms with Crippen molar-refractivity contribution in [2.75, 3.05) is 4.31 Å². The van der Waals surface area contributed by atoms with E-state index in [9.17, 15) is 13.6 Å². The minimum atomic E-state index is -2.68. The van der Waals surface area contributed by atoms with Gasteiger partial charge in [-0.2, -0.15) is 0 Å². The molecule has 0 saturated heterocycles. The van der Waals surface area contributed by atoms with Crippen molar-refractivity contribution >= 4 is 39.5 Å². The number of para-hydroxylation sites is 2. The number of anilines is 2. The van der Waals surface area contributed by atoms with Crippen LogP contribution in [0.1, 0.15) is 29.8 Å². The van der Waals surface area contributed by atoms with Gasteiger partial charge in [0, 0.05) is 11.6 Å². The highest BCUT2D eigenvalue weighted by molar-refractivity contribution is 7.81. The predicted molar refractivity (Wildman–Crippen MR) is 126 cm³/mol. The van der Waals surface area contributed by atoms with E-state index in [0.717, 1.165) is 15.3 Å². The Morgan fingerprint density at radius 3 is 2.31 bits per heavy atom. The summed E-state index contributed by atoms with van der Waals surface area (Å²) in [5, 5.41) is 3.83. The number of carbonyl (C=O) groups is 1. The summed E-state index contributed by atoms with van der Waals surface area (Å²) < 4.78 is 25.9. The van der Waals surface area contributed by atoms with E-state index in [1.807, 2.05) is 56.3 Å². The molecule has 0 aliphatic carbocycles. The number of nitrogens with zero attached hydrogens (tertiary/aromatic N) is 2. The van der Waals surface area contributed by atoms with Gasteiger partial charge in [0.15, 0.2) is 0 Å². The highest BCUT2D eigenvalue weighted by Crippen LogP contribution is 2.34. The maximum absolute atomic E-state index is 13.3. The third-order valence-electron chi connectivity index (χ3n) is 5.27. The maximum atomic E-state index is 13.3. The molecule has 1 N–H and O–H groups in total. The Kier molecular flexibility index (Phi) is 6.03. The van der Waals surface area contributed by atoms with Crippen molar-refractivity contribution in [1.29, 1.82) is 0 Å². The third-order valence-corrected chi connectivity index (χ3v) is 5.96. The van der Waals surface area contributed by atoms with Crippen LogP contribution < -0.4 is 9.62 Å². The molecule has 32 heavy (non-hydrogen) atoms. The number of hydrogen-bond acceptors (Lipinski definition) is 4. The fourth-order valence-corrected chi connectivity index (χ4v) is 4.29. The van der Waals surface area contributed by atoms with Gasteiger partial charge in [-0.25, -0.2) is 0 Å².